The van der Waals surface area contributed by atoms with Gasteiger partial charge in [-0.3, -0.25) is 14.3 Å². The van der Waals surface area contributed by atoms with Crippen LogP contribution in [0.2, 0.25) is 0 Å². The Bertz CT molecular complexity index is 484. The minimum absolute atomic E-state index is 0.00188. The van der Waals surface area contributed by atoms with Gasteiger partial charge in [-0.2, -0.15) is 4.39 Å². The molecule has 0 saturated heterocycles. The number of methoxy groups -OCH3 is 1. The fourth-order valence-electron chi connectivity index (χ4n) is 1.29. The van der Waals surface area contributed by atoms with Crippen molar-refractivity contribution in [3.05, 3.63) is 32.9 Å². The summed E-state index contributed by atoms with van der Waals surface area (Å²) in [5.74, 6) is -1.08. The second kappa shape index (κ2) is 7.04. The highest BCUT2D eigenvalue weighted by atomic mass is 19.1. The molecule has 7 nitrogen and oxygen atoms in total. The van der Waals surface area contributed by atoms with Crippen LogP contribution in [-0.2, 0) is 9.47 Å². The number of aliphatic hydroxyl groups excluding tert-OH is 1. The normalized spacial score (nSPS) is 12.6. The van der Waals surface area contributed by atoms with Gasteiger partial charge in [0, 0.05) is 20.3 Å². The zero-order valence-electron chi connectivity index (χ0n) is 9.89. The molecule has 0 aromatic carbocycles. The molecular weight excluding hydrogens is 247 g/mol. The summed E-state index contributed by atoms with van der Waals surface area (Å²) in [6.45, 7) is 0.281. The number of H-pyrrole nitrogens is 1. The summed E-state index contributed by atoms with van der Waals surface area (Å²) >= 11 is 0. The summed E-state index contributed by atoms with van der Waals surface area (Å²) in [5.41, 5.74) is -1.86. The van der Waals surface area contributed by atoms with Gasteiger partial charge in [0.2, 0.25) is 5.82 Å². The van der Waals surface area contributed by atoms with E-state index in [9.17, 15) is 14.0 Å². The first-order valence-electron chi connectivity index (χ1n) is 5.32. The molecule has 0 amide bonds. The van der Waals surface area contributed by atoms with Crippen molar-refractivity contribution in [2.45, 2.75) is 12.6 Å². The molecule has 1 aromatic rings. The van der Waals surface area contributed by atoms with Crippen LogP contribution < -0.4 is 11.2 Å². The number of hydrogen-bond donors (Lipinski definition) is 2. The Morgan fingerprint density at radius 1 is 1.56 bits per heavy atom. The van der Waals surface area contributed by atoms with Crippen molar-refractivity contribution >= 4 is 0 Å². The number of aromatic nitrogens is 2. The van der Waals surface area contributed by atoms with Gasteiger partial charge in [-0.15, -0.1) is 0 Å². The minimum Gasteiger partial charge on any atom is -0.396 e. The number of halogens is 1. The third kappa shape index (κ3) is 3.76. The molecule has 0 fully saturated rings. The molecule has 1 aromatic heterocycles. The van der Waals surface area contributed by atoms with Crippen molar-refractivity contribution in [3.8, 4) is 0 Å². The number of nitrogens with zero attached hydrogens (tertiary/aromatic N) is 1. The number of ether oxygens (including phenoxy) is 2. The molecule has 0 aliphatic carbocycles. The van der Waals surface area contributed by atoms with E-state index in [1.165, 1.54) is 7.11 Å². The standard InChI is InChI=1S/C10H15FN2O5/c1-17-8(6-18-4-2-3-14)13-5-7(11)9(15)12-10(13)16/h5,8,14H,2-4,6H2,1H3,(H,12,15,16). The maximum atomic E-state index is 13.1. The van der Waals surface area contributed by atoms with Gasteiger partial charge in [-0.05, 0) is 6.42 Å². The van der Waals surface area contributed by atoms with E-state index in [-0.39, 0.29) is 19.8 Å². The first kappa shape index (κ1) is 14.6. The molecule has 0 aliphatic heterocycles. The Balaban J connectivity index is 2.79. The Hall–Kier alpha value is -1.51. The first-order chi connectivity index (χ1) is 8.60. The van der Waals surface area contributed by atoms with Crippen LogP contribution in [0.4, 0.5) is 4.39 Å². The SMILES string of the molecule is COC(COCCCO)n1cc(F)c(=O)[nH]c1=O. The van der Waals surface area contributed by atoms with Crippen LogP contribution in [0, 0.1) is 5.82 Å². The fourth-order valence-corrected chi connectivity index (χ4v) is 1.29. The highest BCUT2D eigenvalue weighted by molar-refractivity contribution is 4.88. The Labute approximate surface area is 102 Å². The van der Waals surface area contributed by atoms with Crippen LogP contribution >= 0.6 is 0 Å². The minimum atomic E-state index is -1.08. The van der Waals surface area contributed by atoms with Gasteiger partial charge in [-0.25, -0.2) is 4.79 Å². The molecule has 2 N–H and O–H groups in total. The van der Waals surface area contributed by atoms with E-state index in [1.807, 2.05) is 4.98 Å². The molecule has 0 spiro atoms. The lowest BCUT2D eigenvalue weighted by Crippen LogP contribution is -2.36. The molecule has 1 atom stereocenters. The number of rotatable bonds is 7. The molecule has 1 unspecified atom stereocenters. The van der Waals surface area contributed by atoms with Crippen LogP contribution in [0.15, 0.2) is 15.8 Å². The quantitative estimate of drug-likeness (QED) is 0.629. The van der Waals surface area contributed by atoms with Gasteiger partial charge in [-0.1, -0.05) is 0 Å². The third-order valence-corrected chi connectivity index (χ3v) is 2.21. The summed E-state index contributed by atoms with van der Waals surface area (Å²) in [5, 5.41) is 8.56. The summed E-state index contributed by atoms with van der Waals surface area (Å²) in [7, 11) is 1.33. The molecule has 18 heavy (non-hydrogen) atoms. The average molecular weight is 262 g/mol. The predicted molar refractivity (Wildman–Crippen MR) is 59.8 cm³/mol. The van der Waals surface area contributed by atoms with Gasteiger partial charge in [0.25, 0.3) is 5.56 Å². The smallest absolute Gasteiger partial charge is 0.330 e. The first-order valence-corrected chi connectivity index (χ1v) is 5.32. The lowest BCUT2D eigenvalue weighted by atomic mass is 10.5. The van der Waals surface area contributed by atoms with Gasteiger partial charge < -0.3 is 14.6 Å². The molecule has 0 radical (unpaired) electrons. The van der Waals surface area contributed by atoms with Gasteiger partial charge >= 0.3 is 5.69 Å². The van der Waals surface area contributed by atoms with E-state index in [0.29, 0.717) is 6.42 Å². The van der Waals surface area contributed by atoms with Crippen molar-refractivity contribution in [2.75, 3.05) is 26.9 Å². The number of aromatic amines is 1. The fraction of sp³-hybridized carbons (Fsp3) is 0.600. The second-order valence-corrected chi connectivity index (χ2v) is 3.49. The molecule has 102 valence electrons. The van der Waals surface area contributed by atoms with Crippen LogP contribution in [0.5, 0.6) is 0 Å². The molecular formula is C10H15FN2O5. The molecule has 0 aliphatic rings. The number of nitrogens with one attached hydrogen (secondary N) is 1. The van der Waals surface area contributed by atoms with Crippen molar-refractivity contribution in [2.24, 2.45) is 0 Å². The molecule has 0 saturated carbocycles. The van der Waals surface area contributed by atoms with Gasteiger partial charge in [0.05, 0.1) is 12.8 Å². The lowest BCUT2D eigenvalue weighted by Gasteiger charge is -2.17. The summed E-state index contributed by atoms with van der Waals surface area (Å²) in [6, 6.07) is 0. The van der Waals surface area contributed by atoms with Crippen molar-refractivity contribution in [1.82, 2.24) is 9.55 Å². The molecule has 1 heterocycles. The zero-order valence-corrected chi connectivity index (χ0v) is 9.89. The topological polar surface area (TPSA) is 93.5 Å². The maximum absolute atomic E-state index is 13.1. The van der Waals surface area contributed by atoms with E-state index in [4.69, 9.17) is 14.6 Å². The van der Waals surface area contributed by atoms with Crippen molar-refractivity contribution < 1.29 is 19.0 Å². The largest absolute Gasteiger partial charge is 0.396 e. The highest BCUT2D eigenvalue weighted by Crippen LogP contribution is 2.04. The molecule has 1 rings (SSSR count). The van der Waals surface area contributed by atoms with Crippen molar-refractivity contribution in [3.63, 3.8) is 0 Å². The maximum Gasteiger partial charge on any atom is 0.330 e. The van der Waals surface area contributed by atoms with E-state index >= 15 is 0 Å². The zero-order chi connectivity index (χ0) is 13.5. The van der Waals surface area contributed by atoms with E-state index < -0.39 is 23.3 Å². The van der Waals surface area contributed by atoms with Crippen LogP contribution in [0.3, 0.4) is 0 Å². The number of aliphatic hydroxyl groups is 1. The van der Waals surface area contributed by atoms with Gasteiger partial charge in [0.15, 0.2) is 6.23 Å². The highest BCUT2D eigenvalue weighted by Gasteiger charge is 2.14. The summed E-state index contributed by atoms with van der Waals surface area (Å²) < 4.78 is 24.1. The van der Waals surface area contributed by atoms with E-state index in [1.54, 1.807) is 0 Å². The summed E-state index contributed by atoms with van der Waals surface area (Å²) in [6.07, 6.45) is 0.373. The predicted octanol–water partition coefficient (Wildman–Crippen LogP) is -0.780. The number of hydrogen-bond acceptors (Lipinski definition) is 5. The Morgan fingerprint density at radius 3 is 2.89 bits per heavy atom. The Morgan fingerprint density at radius 2 is 2.28 bits per heavy atom. The van der Waals surface area contributed by atoms with E-state index in [2.05, 4.69) is 0 Å². The third-order valence-electron chi connectivity index (χ3n) is 2.21. The average Bonchev–Trinajstić information content (AvgIpc) is 2.35. The lowest BCUT2D eigenvalue weighted by molar-refractivity contribution is -0.0384. The van der Waals surface area contributed by atoms with Crippen LogP contribution in [0.1, 0.15) is 12.6 Å². The van der Waals surface area contributed by atoms with E-state index in [0.717, 1.165) is 10.8 Å². The molecule has 8 heteroatoms. The van der Waals surface area contributed by atoms with Crippen molar-refractivity contribution in [1.29, 1.82) is 0 Å². The van der Waals surface area contributed by atoms with Crippen LogP contribution in [0.25, 0.3) is 0 Å². The monoisotopic (exact) mass is 262 g/mol. The summed E-state index contributed by atoms with van der Waals surface area (Å²) in [4.78, 5) is 24.1. The van der Waals surface area contributed by atoms with Gasteiger partial charge in [0.1, 0.15) is 0 Å². The second-order valence-electron chi connectivity index (χ2n) is 3.49. The Kier molecular flexibility index (Phi) is 5.69. The van der Waals surface area contributed by atoms with Crippen LogP contribution in [-0.4, -0.2) is 41.6 Å². The molecule has 0 bridgehead atoms.